The van der Waals surface area contributed by atoms with Crippen LogP contribution in [-0.2, 0) is 0 Å². The van der Waals surface area contributed by atoms with Gasteiger partial charge in [-0.2, -0.15) is 0 Å². The minimum Gasteiger partial charge on any atom is -0.360 e. The van der Waals surface area contributed by atoms with Gasteiger partial charge < -0.3 is 15.5 Å². The highest BCUT2D eigenvalue weighted by atomic mass is 32.1. The molecule has 1 aromatic rings. The number of nitrogens with one attached hydrogen (secondary N) is 2. The Balaban J connectivity index is 1.54. The lowest BCUT2D eigenvalue weighted by Gasteiger charge is -2.26. The Morgan fingerprint density at radius 2 is 2.33 bits per heavy atom. The molecule has 2 N–H and O–H groups in total. The van der Waals surface area contributed by atoms with Crippen molar-refractivity contribution < 1.29 is 0 Å². The predicted molar refractivity (Wildman–Crippen MR) is 62.3 cm³/mol. The number of hydrogen-bond acceptors (Lipinski definition) is 6. The molecule has 0 unspecified atom stereocenters. The van der Waals surface area contributed by atoms with Crippen LogP contribution in [0.15, 0.2) is 5.51 Å². The average molecular weight is 227 g/mol. The summed E-state index contributed by atoms with van der Waals surface area (Å²) in [5.74, 6) is 0. The van der Waals surface area contributed by atoms with E-state index in [0.29, 0.717) is 0 Å². The van der Waals surface area contributed by atoms with Gasteiger partial charge in [0.25, 0.3) is 0 Å². The van der Waals surface area contributed by atoms with Gasteiger partial charge in [0.05, 0.1) is 0 Å². The highest BCUT2D eigenvalue weighted by molar-refractivity contribution is 7.13. The molecule has 5 nitrogen and oxygen atoms in total. The van der Waals surface area contributed by atoms with Crippen LogP contribution in [0.4, 0.5) is 5.13 Å². The van der Waals surface area contributed by atoms with Crippen molar-refractivity contribution in [2.24, 2.45) is 0 Å². The Hall–Kier alpha value is -0.720. The summed E-state index contributed by atoms with van der Waals surface area (Å²) < 4.78 is 0. The van der Waals surface area contributed by atoms with E-state index in [1.807, 2.05) is 0 Å². The summed E-state index contributed by atoms with van der Waals surface area (Å²) in [6.45, 7) is 6.78. The molecule has 0 bridgehead atoms. The van der Waals surface area contributed by atoms with Crippen LogP contribution in [0, 0.1) is 0 Å². The zero-order valence-corrected chi connectivity index (χ0v) is 9.59. The monoisotopic (exact) mass is 227 g/mol. The van der Waals surface area contributed by atoms with E-state index in [1.165, 1.54) is 26.1 Å². The minimum absolute atomic E-state index is 0.926. The van der Waals surface area contributed by atoms with Crippen molar-refractivity contribution >= 4 is 16.5 Å². The Morgan fingerprint density at radius 3 is 3.07 bits per heavy atom. The Bertz CT molecular complexity index is 257. The van der Waals surface area contributed by atoms with E-state index in [2.05, 4.69) is 25.7 Å². The number of piperazine rings is 1. The van der Waals surface area contributed by atoms with Crippen LogP contribution < -0.4 is 10.6 Å². The molecule has 0 atom stereocenters. The standard InChI is InChI=1S/C9H17N5S/c1(2-11-9-13-12-8-15-9)5-14-6-3-10-4-7-14/h8,10H,1-7H2,(H,11,13). The van der Waals surface area contributed by atoms with E-state index in [4.69, 9.17) is 0 Å². The second-order valence-electron chi connectivity index (χ2n) is 3.62. The van der Waals surface area contributed by atoms with E-state index in [-0.39, 0.29) is 0 Å². The summed E-state index contributed by atoms with van der Waals surface area (Å²) in [5.41, 5.74) is 1.75. The van der Waals surface area contributed by atoms with Gasteiger partial charge in [0.15, 0.2) is 0 Å². The molecule has 1 fully saturated rings. The second-order valence-corrected chi connectivity index (χ2v) is 4.45. The highest BCUT2D eigenvalue weighted by Crippen LogP contribution is 2.07. The van der Waals surface area contributed by atoms with Crippen LogP contribution in [0.25, 0.3) is 0 Å². The summed E-state index contributed by atoms with van der Waals surface area (Å²) >= 11 is 1.55. The van der Waals surface area contributed by atoms with E-state index in [0.717, 1.165) is 24.8 Å². The average Bonchev–Trinajstić information content (AvgIpc) is 2.79. The second kappa shape index (κ2) is 5.99. The number of rotatable bonds is 5. The fraction of sp³-hybridized carbons (Fsp3) is 0.778. The first-order valence-electron chi connectivity index (χ1n) is 5.38. The van der Waals surface area contributed by atoms with Gasteiger partial charge >= 0.3 is 0 Å². The topological polar surface area (TPSA) is 53.1 Å². The van der Waals surface area contributed by atoms with Gasteiger partial charge in [-0.05, 0) is 13.0 Å². The van der Waals surface area contributed by atoms with Crippen molar-refractivity contribution in [3.63, 3.8) is 0 Å². The maximum Gasteiger partial charge on any atom is 0.205 e. The molecule has 1 saturated heterocycles. The van der Waals surface area contributed by atoms with Crippen molar-refractivity contribution in [2.45, 2.75) is 6.42 Å². The number of aromatic nitrogens is 2. The number of nitrogens with zero attached hydrogens (tertiary/aromatic N) is 3. The van der Waals surface area contributed by atoms with Gasteiger partial charge in [0.2, 0.25) is 5.13 Å². The van der Waals surface area contributed by atoms with Crippen LogP contribution in [-0.4, -0.2) is 54.4 Å². The lowest BCUT2D eigenvalue weighted by atomic mass is 10.3. The van der Waals surface area contributed by atoms with Crippen molar-refractivity contribution in [3.8, 4) is 0 Å². The lowest BCUT2D eigenvalue weighted by Crippen LogP contribution is -2.44. The number of hydrogen-bond donors (Lipinski definition) is 2. The third-order valence-electron chi connectivity index (χ3n) is 2.50. The zero-order valence-electron chi connectivity index (χ0n) is 8.78. The summed E-state index contributed by atoms with van der Waals surface area (Å²) in [6, 6.07) is 0. The fourth-order valence-corrected chi connectivity index (χ4v) is 2.16. The summed E-state index contributed by atoms with van der Waals surface area (Å²) in [5, 5.41) is 15.3. The molecule has 0 spiro atoms. The maximum atomic E-state index is 3.93. The Kier molecular flexibility index (Phi) is 4.31. The minimum atomic E-state index is 0.926. The molecule has 0 amide bonds. The molecule has 1 aliphatic heterocycles. The fourth-order valence-electron chi connectivity index (χ4n) is 1.68. The van der Waals surface area contributed by atoms with E-state index in [1.54, 1.807) is 16.8 Å². The molecule has 6 heteroatoms. The smallest absolute Gasteiger partial charge is 0.205 e. The first kappa shape index (κ1) is 10.8. The first-order valence-corrected chi connectivity index (χ1v) is 6.26. The van der Waals surface area contributed by atoms with Crippen LogP contribution in [0.2, 0.25) is 0 Å². The molecule has 84 valence electrons. The van der Waals surface area contributed by atoms with Crippen molar-refractivity contribution in [2.75, 3.05) is 44.6 Å². The van der Waals surface area contributed by atoms with E-state index in [9.17, 15) is 0 Å². The Morgan fingerprint density at radius 1 is 1.47 bits per heavy atom. The predicted octanol–water partition coefficient (Wildman–Crippen LogP) is 0.245. The maximum absolute atomic E-state index is 3.93. The molecular formula is C9H17N5S. The SMILES string of the molecule is c1nnc(NCCCN2CCNCC2)s1. The third kappa shape index (κ3) is 3.73. The highest BCUT2D eigenvalue weighted by Gasteiger charge is 2.08. The molecule has 2 heterocycles. The quantitative estimate of drug-likeness (QED) is 0.706. The molecule has 0 aromatic carbocycles. The summed E-state index contributed by atoms with van der Waals surface area (Å²) in [4.78, 5) is 2.50. The van der Waals surface area contributed by atoms with E-state index < -0.39 is 0 Å². The first-order chi connectivity index (χ1) is 7.45. The molecule has 0 aliphatic carbocycles. The van der Waals surface area contributed by atoms with Crippen molar-refractivity contribution in [1.29, 1.82) is 0 Å². The lowest BCUT2D eigenvalue weighted by molar-refractivity contribution is 0.240. The zero-order chi connectivity index (χ0) is 10.3. The molecule has 0 saturated carbocycles. The van der Waals surface area contributed by atoms with Crippen molar-refractivity contribution in [3.05, 3.63) is 5.51 Å². The normalized spacial score (nSPS) is 17.9. The van der Waals surface area contributed by atoms with Gasteiger partial charge in [-0.1, -0.05) is 11.3 Å². The van der Waals surface area contributed by atoms with E-state index >= 15 is 0 Å². The molecular weight excluding hydrogens is 210 g/mol. The van der Waals surface area contributed by atoms with Gasteiger partial charge in [0, 0.05) is 32.7 Å². The summed E-state index contributed by atoms with van der Waals surface area (Å²) in [6.07, 6.45) is 1.17. The molecule has 15 heavy (non-hydrogen) atoms. The van der Waals surface area contributed by atoms with Crippen LogP contribution in [0.5, 0.6) is 0 Å². The van der Waals surface area contributed by atoms with Crippen LogP contribution in [0.1, 0.15) is 6.42 Å². The number of anilines is 1. The third-order valence-corrected chi connectivity index (χ3v) is 3.15. The molecule has 1 aliphatic rings. The molecule has 1 aromatic heterocycles. The van der Waals surface area contributed by atoms with Gasteiger partial charge in [-0.25, -0.2) is 0 Å². The van der Waals surface area contributed by atoms with Crippen LogP contribution in [0.3, 0.4) is 0 Å². The van der Waals surface area contributed by atoms with Gasteiger partial charge in [-0.3, -0.25) is 0 Å². The molecule has 2 rings (SSSR count). The Labute approximate surface area is 93.9 Å². The van der Waals surface area contributed by atoms with Gasteiger partial charge in [-0.15, -0.1) is 10.2 Å². The summed E-state index contributed by atoms with van der Waals surface area (Å²) in [7, 11) is 0. The van der Waals surface area contributed by atoms with Crippen LogP contribution >= 0.6 is 11.3 Å². The van der Waals surface area contributed by atoms with Gasteiger partial charge in [0.1, 0.15) is 5.51 Å². The largest absolute Gasteiger partial charge is 0.360 e. The molecule has 0 radical (unpaired) electrons. The van der Waals surface area contributed by atoms with Crippen molar-refractivity contribution in [1.82, 2.24) is 20.4 Å².